The zero-order chi connectivity index (χ0) is 19.2. The monoisotopic (exact) mass is 470 g/mol. The van der Waals surface area contributed by atoms with Crippen LogP contribution in [0.15, 0.2) is 38.0 Å². The van der Waals surface area contributed by atoms with Gasteiger partial charge in [-0.15, -0.1) is 16.4 Å². The summed E-state index contributed by atoms with van der Waals surface area (Å²) < 4.78 is 13.1. The van der Waals surface area contributed by atoms with Crippen molar-refractivity contribution in [2.45, 2.75) is 23.9 Å². The van der Waals surface area contributed by atoms with Crippen LogP contribution < -0.4 is 10.4 Å². The molecule has 0 aliphatic rings. The van der Waals surface area contributed by atoms with Crippen LogP contribution in [0.2, 0.25) is 0 Å². The number of nitrogens with one attached hydrogen (secondary N) is 1. The van der Waals surface area contributed by atoms with Gasteiger partial charge >= 0.3 is 5.69 Å². The summed E-state index contributed by atoms with van der Waals surface area (Å²) >= 11 is 6.54. The van der Waals surface area contributed by atoms with Gasteiger partial charge in [0.25, 0.3) is 0 Å². The molecule has 1 N–H and O–H groups in total. The number of H-pyrrole nitrogens is 1. The molecule has 0 atom stereocenters. The third-order valence-electron chi connectivity index (χ3n) is 3.75. The van der Waals surface area contributed by atoms with Crippen molar-refractivity contribution in [2.24, 2.45) is 0 Å². The van der Waals surface area contributed by atoms with Gasteiger partial charge in [0.1, 0.15) is 10.8 Å². The fourth-order valence-corrected chi connectivity index (χ4v) is 4.63. The molecule has 0 amide bonds. The van der Waals surface area contributed by atoms with Crippen LogP contribution in [-0.4, -0.2) is 40.6 Å². The van der Waals surface area contributed by atoms with Crippen LogP contribution in [0.25, 0.3) is 10.6 Å². The van der Waals surface area contributed by atoms with Gasteiger partial charge in [0.2, 0.25) is 0 Å². The molecule has 2 aromatic heterocycles. The van der Waals surface area contributed by atoms with Crippen LogP contribution in [0.5, 0.6) is 5.75 Å². The highest BCUT2D eigenvalue weighted by Crippen LogP contribution is 2.35. The van der Waals surface area contributed by atoms with E-state index in [0.29, 0.717) is 24.1 Å². The molecular weight excluding hydrogens is 452 g/mol. The van der Waals surface area contributed by atoms with Crippen LogP contribution >= 0.6 is 39.0 Å². The van der Waals surface area contributed by atoms with Crippen molar-refractivity contribution >= 4 is 39.0 Å². The number of nitrogens with zero attached hydrogens (tertiary/aromatic N) is 3. The van der Waals surface area contributed by atoms with Gasteiger partial charge in [0, 0.05) is 35.9 Å². The summed E-state index contributed by atoms with van der Waals surface area (Å²) in [5.74, 6) is 1.41. The highest BCUT2D eigenvalue weighted by molar-refractivity contribution is 9.10. The lowest BCUT2D eigenvalue weighted by Gasteiger charge is -2.06. The number of aromatic amines is 1. The standard InChI is InChI=1S/C17H19BrN4O3S2/c1-24-7-3-6-22-16(23)20-21-17(22)27-10-12-9-26-15(19-12)13-8-11(18)4-5-14(13)25-2/h4-5,8-9H,3,6-7,10H2,1-2H3,(H,20,23). The van der Waals surface area contributed by atoms with Crippen molar-refractivity contribution < 1.29 is 9.47 Å². The molecule has 0 aliphatic heterocycles. The molecule has 7 nitrogen and oxygen atoms in total. The number of benzene rings is 1. The van der Waals surface area contributed by atoms with Crippen molar-refractivity contribution in [3.8, 4) is 16.3 Å². The Morgan fingerprint density at radius 2 is 2.22 bits per heavy atom. The summed E-state index contributed by atoms with van der Waals surface area (Å²) in [5.41, 5.74) is 1.68. The number of hydrogen-bond acceptors (Lipinski definition) is 7. The molecule has 3 rings (SSSR count). The maximum atomic E-state index is 11.9. The van der Waals surface area contributed by atoms with Crippen molar-refractivity contribution in [3.05, 3.63) is 44.2 Å². The average Bonchev–Trinajstić information content (AvgIpc) is 3.27. The molecule has 0 bridgehead atoms. The zero-order valence-electron chi connectivity index (χ0n) is 14.9. The van der Waals surface area contributed by atoms with Gasteiger partial charge in [-0.05, 0) is 24.6 Å². The van der Waals surface area contributed by atoms with Gasteiger partial charge in [-0.3, -0.25) is 4.57 Å². The number of thiazole rings is 1. The predicted octanol–water partition coefficient (Wildman–Crippen LogP) is 3.79. The molecule has 144 valence electrons. The topological polar surface area (TPSA) is 82.0 Å². The fourth-order valence-electron chi connectivity index (χ4n) is 2.46. The van der Waals surface area contributed by atoms with Gasteiger partial charge in [0.05, 0.1) is 18.4 Å². The van der Waals surface area contributed by atoms with E-state index in [1.54, 1.807) is 30.1 Å². The summed E-state index contributed by atoms with van der Waals surface area (Å²) in [6.45, 7) is 1.18. The number of rotatable bonds is 9. The number of halogens is 1. The van der Waals surface area contributed by atoms with Crippen LogP contribution in [-0.2, 0) is 17.0 Å². The second kappa shape index (κ2) is 9.54. The minimum Gasteiger partial charge on any atom is -0.496 e. The molecule has 1 aromatic carbocycles. The summed E-state index contributed by atoms with van der Waals surface area (Å²) in [6.07, 6.45) is 0.757. The second-order valence-electron chi connectivity index (χ2n) is 5.59. The van der Waals surface area contributed by atoms with E-state index < -0.39 is 0 Å². The van der Waals surface area contributed by atoms with E-state index in [9.17, 15) is 4.79 Å². The fraction of sp³-hybridized carbons (Fsp3) is 0.353. The Labute approximate surface area is 173 Å². The molecule has 0 spiro atoms. The van der Waals surface area contributed by atoms with Crippen LogP contribution in [0.4, 0.5) is 0 Å². The average molecular weight is 471 g/mol. The van der Waals surface area contributed by atoms with Crippen molar-refractivity contribution in [2.75, 3.05) is 20.8 Å². The molecule has 2 heterocycles. The Morgan fingerprint density at radius 3 is 3.00 bits per heavy atom. The van der Waals surface area contributed by atoms with Crippen LogP contribution in [0, 0.1) is 0 Å². The first-order valence-electron chi connectivity index (χ1n) is 8.17. The quantitative estimate of drug-likeness (QED) is 0.378. The van der Waals surface area contributed by atoms with Crippen LogP contribution in [0.1, 0.15) is 12.1 Å². The lowest BCUT2D eigenvalue weighted by atomic mass is 10.2. The first-order valence-corrected chi connectivity index (χ1v) is 10.8. The Kier molecular flexibility index (Phi) is 7.11. The largest absolute Gasteiger partial charge is 0.496 e. The highest BCUT2D eigenvalue weighted by Gasteiger charge is 2.13. The normalized spacial score (nSPS) is 11.1. The molecule has 3 aromatic rings. The van der Waals surface area contributed by atoms with Gasteiger partial charge < -0.3 is 9.47 Å². The van der Waals surface area contributed by atoms with Crippen molar-refractivity contribution in [3.63, 3.8) is 0 Å². The Bertz CT molecular complexity index is 954. The molecule has 0 aliphatic carbocycles. The first kappa shape index (κ1) is 20.1. The summed E-state index contributed by atoms with van der Waals surface area (Å²) in [6, 6.07) is 5.85. The summed E-state index contributed by atoms with van der Waals surface area (Å²) in [4.78, 5) is 16.6. The maximum Gasteiger partial charge on any atom is 0.343 e. The number of ether oxygens (including phenoxy) is 2. The summed E-state index contributed by atoms with van der Waals surface area (Å²) in [7, 11) is 3.30. The Balaban J connectivity index is 1.71. The lowest BCUT2D eigenvalue weighted by Crippen LogP contribution is -2.18. The third kappa shape index (κ3) is 5.01. The van der Waals surface area contributed by atoms with E-state index >= 15 is 0 Å². The van der Waals surface area contributed by atoms with Gasteiger partial charge in [0.15, 0.2) is 5.16 Å². The van der Waals surface area contributed by atoms with E-state index in [-0.39, 0.29) is 5.69 Å². The van der Waals surface area contributed by atoms with Gasteiger partial charge in [-0.1, -0.05) is 27.7 Å². The van der Waals surface area contributed by atoms with E-state index in [0.717, 1.165) is 32.9 Å². The highest BCUT2D eigenvalue weighted by atomic mass is 79.9. The Hall–Kier alpha value is -1.62. The molecule has 27 heavy (non-hydrogen) atoms. The van der Waals surface area contributed by atoms with Crippen molar-refractivity contribution in [1.82, 2.24) is 19.7 Å². The lowest BCUT2D eigenvalue weighted by molar-refractivity contribution is 0.189. The molecular formula is C17H19BrN4O3S2. The van der Waals surface area contributed by atoms with E-state index in [1.165, 1.54) is 11.8 Å². The second-order valence-corrected chi connectivity index (χ2v) is 8.30. The smallest absolute Gasteiger partial charge is 0.343 e. The molecule has 0 saturated heterocycles. The molecule has 0 fully saturated rings. The molecule has 0 saturated carbocycles. The van der Waals surface area contributed by atoms with Crippen molar-refractivity contribution in [1.29, 1.82) is 0 Å². The molecule has 10 heteroatoms. The zero-order valence-corrected chi connectivity index (χ0v) is 18.1. The SMILES string of the molecule is COCCCn1c(SCc2csc(-c3cc(Br)ccc3OC)n2)n[nH]c1=O. The Morgan fingerprint density at radius 1 is 1.37 bits per heavy atom. The number of aromatic nitrogens is 4. The maximum absolute atomic E-state index is 11.9. The third-order valence-corrected chi connectivity index (χ3v) is 6.17. The predicted molar refractivity (Wildman–Crippen MR) is 111 cm³/mol. The van der Waals surface area contributed by atoms with Crippen LogP contribution in [0.3, 0.4) is 0 Å². The van der Waals surface area contributed by atoms with Gasteiger partial charge in [-0.25, -0.2) is 14.9 Å². The minimum absolute atomic E-state index is 0.202. The van der Waals surface area contributed by atoms with E-state index in [2.05, 4.69) is 26.1 Å². The minimum atomic E-state index is -0.202. The van der Waals surface area contributed by atoms with Gasteiger partial charge in [-0.2, -0.15) is 0 Å². The first-order chi connectivity index (χ1) is 13.1. The van der Waals surface area contributed by atoms with E-state index in [4.69, 9.17) is 14.5 Å². The molecule has 0 unspecified atom stereocenters. The molecule has 0 radical (unpaired) electrons. The summed E-state index contributed by atoms with van der Waals surface area (Å²) in [5, 5.41) is 10.2. The number of methoxy groups -OCH3 is 2. The number of thioether (sulfide) groups is 1. The van der Waals surface area contributed by atoms with E-state index in [1.807, 2.05) is 23.6 Å². The number of hydrogen-bond donors (Lipinski definition) is 1.